The van der Waals surface area contributed by atoms with Gasteiger partial charge in [0, 0.05) is 40.6 Å². The lowest BCUT2D eigenvalue weighted by Gasteiger charge is -2.21. The predicted molar refractivity (Wildman–Crippen MR) is 144 cm³/mol. The Balaban J connectivity index is 1.30. The summed E-state index contributed by atoms with van der Waals surface area (Å²) in [6.07, 6.45) is 3.14. The summed E-state index contributed by atoms with van der Waals surface area (Å²) >= 11 is 6.44. The van der Waals surface area contributed by atoms with Gasteiger partial charge in [-0.15, -0.1) is 0 Å². The van der Waals surface area contributed by atoms with E-state index in [1.54, 1.807) is 19.2 Å². The number of aromatic nitrogens is 1. The van der Waals surface area contributed by atoms with Crippen molar-refractivity contribution in [3.05, 3.63) is 63.8 Å². The minimum atomic E-state index is -0.867. The van der Waals surface area contributed by atoms with Gasteiger partial charge in [0.15, 0.2) is 5.78 Å². The molecule has 0 saturated heterocycles. The third kappa shape index (κ3) is 5.19. The molecule has 1 fully saturated rings. The molecule has 0 aliphatic heterocycles. The third-order valence-corrected chi connectivity index (χ3v) is 8.16. The first-order chi connectivity index (χ1) is 18.3. The number of nitrogens with zero attached hydrogens (tertiary/aromatic N) is 1. The maximum atomic E-state index is 13.4. The number of rotatable bonds is 10. The van der Waals surface area contributed by atoms with Crippen molar-refractivity contribution >= 4 is 40.0 Å². The van der Waals surface area contributed by atoms with Crippen molar-refractivity contribution in [1.29, 1.82) is 5.26 Å². The van der Waals surface area contributed by atoms with E-state index < -0.39 is 17.9 Å². The highest BCUT2D eigenvalue weighted by molar-refractivity contribution is 6.32. The highest BCUT2D eigenvalue weighted by Crippen LogP contribution is 2.40. The Morgan fingerprint density at radius 1 is 1.24 bits per heavy atom. The number of hydrogen-bond donors (Lipinski definition) is 2. The minimum absolute atomic E-state index is 0.00430. The van der Waals surface area contributed by atoms with E-state index in [9.17, 15) is 19.6 Å². The number of carbonyl (C=O) groups is 3. The van der Waals surface area contributed by atoms with E-state index >= 15 is 0 Å². The average Bonchev–Trinajstić information content (AvgIpc) is 3.51. The second-order valence-electron chi connectivity index (χ2n) is 10.5. The van der Waals surface area contributed by atoms with Crippen molar-refractivity contribution in [2.75, 3.05) is 7.11 Å². The number of fused-ring (bicyclic) bond motifs is 2. The number of ketones is 2. The number of hydrogen-bond acceptors (Lipinski definition) is 5. The fourth-order valence-electron chi connectivity index (χ4n) is 5.56. The highest BCUT2D eigenvalue weighted by Gasteiger charge is 2.37. The number of benzene rings is 2. The summed E-state index contributed by atoms with van der Waals surface area (Å²) in [5, 5.41) is 14.0. The molecular weight excluding hydrogens is 502 g/mol. The zero-order valence-corrected chi connectivity index (χ0v) is 22.2. The summed E-state index contributed by atoms with van der Waals surface area (Å²) in [5.74, 6) is -0.508. The van der Waals surface area contributed by atoms with Crippen molar-refractivity contribution in [2.24, 2.45) is 11.8 Å². The Bertz CT molecular complexity index is 1470. The summed E-state index contributed by atoms with van der Waals surface area (Å²) in [6.45, 7) is 1.94. The zero-order valence-electron chi connectivity index (χ0n) is 21.5. The first-order valence-electron chi connectivity index (χ1n) is 13.0. The third-order valence-electron chi connectivity index (χ3n) is 7.83. The normalized spacial score (nSPS) is 18.1. The van der Waals surface area contributed by atoms with Gasteiger partial charge in [-0.25, -0.2) is 0 Å². The minimum Gasteiger partial charge on any atom is -0.496 e. The molecule has 0 bridgehead atoms. The summed E-state index contributed by atoms with van der Waals surface area (Å²) in [5.41, 5.74) is 3.90. The molecule has 3 unspecified atom stereocenters. The second-order valence-corrected chi connectivity index (χ2v) is 10.9. The van der Waals surface area contributed by atoms with Crippen LogP contribution in [-0.4, -0.2) is 35.6 Å². The molecule has 5 rings (SSSR count). The van der Waals surface area contributed by atoms with Gasteiger partial charge in [-0.1, -0.05) is 36.6 Å². The molecule has 3 atom stereocenters. The lowest BCUT2D eigenvalue weighted by molar-refractivity contribution is -0.126. The number of nitriles is 1. The molecular formula is C30H30ClN3O4. The van der Waals surface area contributed by atoms with E-state index in [1.165, 1.54) is 0 Å². The average molecular weight is 532 g/mol. The Kier molecular flexibility index (Phi) is 7.27. The lowest BCUT2D eigenvalue weighted by Crippen LogP contribution is -2.40. The number of ether oxygens (including phenoxy) is 1. The van der Waals surface area contributed by atoms with Gasteiger partial charge in [0.1, 0.15) is 17.6 Å². The molecule has 3 aromatic rings. The van der Waals surface area contributed by atoms with Crippen molar-refractivity contribution in [1.82, 2.24) is 10.3 Å². The Hall–Kier alpha value is -3.63. The maximum Gasteiger partial charge on any atom is 0.224 e. The number of aromatic amines is 1. The van der Waals surface area contributed by atoms with Gasteiger partial charge in [-0.05, 0) is 66.6 Å². The van der Waals surface area contributed by atoms with E-state index in [0.717, 1.165) is 40.4 Å². The van der Waals surface area contributed by atoms with Crippen molar-refractivity contribution in [3.63, 3.8) is 0 Å². The predicted octanol–water partition coefficient (Wildman–Crippen LogP) is 5.43. The van der Waals surface area contributed by atoms with E-state index in [1.807, 2.05) is 31.2 Å². The van der Waals surface area contributed by atoms with E-state index in [4.69, 9.17) is 16.3 Å². The topological polar surface area (TPSA) is 112 Å². The summed E-state index contributed by atoms with van der Waals surface area (Å²) in [6, 6.07) is 12.3. The van der Waals surface area contributed by atoms with Crippen LogP contribution in [0.25, 0.3) is 10.9 Å². The quantitative estimate of drug-likeness (QED) is 0.338. The molecule has 7 nitrogen and oxygen atoms in total. The maximum absolute atomic E-state index is 13.4. The number of Topliss-reactive ketones (excluding diaryl/α,β-unsaturated/α-hetero) is 2. The number of nitrogens with one attached hydrogen (secondary N) is 2. The van der Waals surface area contributed by atoms with Crippen molar-refractivity contribution in [3.8, 4) is 11.8 Å². The number of H-pyrrole nitrogens is 1. The number of amides is 1. The molecule has 0 spiro atoms. The Morgan fingerprint density at radius 3 is 2.74 bits per heavy atom. The molecule has 1 saturated carbocycles. The Labute approximate surface area is 226 Å². The fraction of sp³-hybridized carbons (Fsp3) is 0.400. The standard InChI is InChI=1S/C30H30ClN3O4/c1-16-6-9-23(31)29-20(16)14-26(35)22(29)12-19(15-32)33-30(37)18(10-17-7-8-17)11-27(36)25-13-21-24(34-25)4-3-5-28(21)38-2/h3-6,9,13,17-19,22,34H,7-8,10-12,14H2,1-2H3,(H,33,37). The van der Waals surface area contributed by atoms with Crippen LogP contribution in [0.4, 0.5) is 0 Å². The van der Waals surface area contributed by atoms with Crippen LogP contribution in [0.1, 0.15) is 65.2 Å². The monoisotopic (exact) mass is 531 g/mol. The SMILES string of the molecule is COc1cccc2[nH]c(C(=O)CC(CC3CC3)C(=O)NC(C#N)CC3C(=O)Cc4c(C)ccc(Cl)c43)cc12. The summed E-state index contributed by atoms with van der Waals surface area (Å²) in [4.78, 5) is 42.6. The largest absolute Gasteiger partial charge is 0.496 e. The van der Waals surface area contributed by atoms with Crippen LogP contribution in [-0.2, 0) is 16.0 Å². The number of halogens is 1. The van der Waals surface area contributed by atoms with E-state index in [-0.39, 0.29) is 36.7 Å². The molecule has 0 radical (unpaired) electrons. The molecule has 2 aliphatic carbocycles. The smallest absolute Gasteiger partial charge is 0.224 e. The van der Waals surface area contributed by atoms with Crippen LogP contribution < -0.4 is 10.1 Å². The van der Waals surface area contributed by atoms with Gasteiger partial charge in [0.25, 0.3) is 0 Å². The van der Waals surface area contributed by atoms with Gasteiger partial charge in [-0.3, -0.25) is 14.4 Å². The molecule has 2 N–H and O–H groups in total. The molecule has 1 heterocycles. The van der Waals surface area contributed by atoms with Gasteiger partial charge in [-0.2, -0.15) is 5.26 Å². The summed E-state index contributed by atoms with van der Waals surface area (Å²) < 4.78 is 5.40. The van der Waals surface area contributed by atoms with E-state index in [0.29, 0.717) is 28.8 Å². The van der Waals surface area contributed by atoms with Crippen LogP contribution in [0.2, 0.25) is 5.02 Å². The van der Waals surface area contributed by atoms with Crippen LogP contribution in [0.3, 0.4) is 0 Å². The molecule has 38 heavy (non-hydrogen) atoms. The number of aryl methyl sites for hydroxylation is 1. The lowest BCUT2D eigenvalue weighted by atomic mass is 9.91. The molecule has 2 aromatic carbocycles. The first kappa shape index (κ1) is 26.0. The fourth-order valence-corrected chi connectivity index (χ4v) is 5.87. The van der Waals surface area contributed by atoms with Crippen LogP contribution >= 0.6 is 11.6 Å². The summed E-state index contributed by atoms with van der Waals surface area (Å²) in [7, 11) is 1.58. The number of carbonyl (C=O) groups excluding carboxylic acids is 3. The molecule has 1 aromatic heterocycles. The van der Waals surface area contributed by atoms with Crippen LogP contribution in [0.15, 0.2) is 36.4 Å². The van der Waals surface area contributed by atoms with Gasteiger partial charge < -0.3 is 15.0 Å². The van der Waals surface area contributed by atoms with Gasteiger partial charge in [0.2, 0.25) is 5.91 Å². The second kappa shape index (κ2) is 10.6. The van der Waals surface area contributed by atoms with Crippen molar-refractivity contribution in [2.45, 2.75) is 57.4 Å². The molecule has 1 amide bonds. The first-order valence-corrected chi connectivity index (χ1v) is 13.4. The highest BCUT2D eigenvalue weighted by atomic mass is 35.5. The Morgan fingerprint density at radius 2 is 2.03 bits per heavy atom. The zero-order chi connectivity index (χ0) is 27.0. The van der Waals surface area contributed by atoms with Gasteiger partial charge >= 0.3 is 0 Å². The van der Waals surface area contributed by atoms with Crippen LogP contribution in [0, 0.1) is 30.1 Å². The van der Waals surface area contributed by atoms with Crippen molar-refractivity contribution < 1.29 is 19.1 Å². The van der Waals surface area contributed by atoms with Crippen LogP contribution in [0.5, 0.6) is 5.75 Å². The molecule has 8 heteroatoms. The number of methoxy groups -OCH3 is 1. The molecule has 196 valence electrons. The van der Waals surface area contributed by atoms with Gasteiger partial charge in [0.05, 0.1) is 18.9 Å². The van der Waals surface area contributed by atoms with E-state index in [2.05, 4.69) is 16.4 Å². The molecule has 2 aliphatic rings.